The van der Waals surface area contributed by atoms with E-state index in [-0.39, 0.29) is 5.92 Å². The van der Waals surface area contributed by atoms with Crippen LogP contribution < -0.4 is 0 Å². The molecule has 0 spiro atoms. The van der Waals surface area contributed by atoms with Crippen molar-refractivity contribution in [3.8, 4) is 0 Å². The van der Waals surface area contributed by atoms with Crippen molar-refractivity contribution in [1.29, 1.82) is 0 Å². The number of unbranched alkanes of at least 4 members (excludes halogenated alkanes) is 5. The molecule has 0 aliphatic heterocycles. The van der Waals surface area contributed by atoms with Crippen molar-refractivity contribution in [2.24, 2.45) is 0 Å². The fraction of sp³-hybridized carbons (Fsp3) is 0.462. The van der Waals surface area contributed by atoms with Crippen LogP contribution in [0.2, 0.25) is 0 Å². The number of benzene rings is 2. The third-order valence-corrected chi connectivity index (χ3v) is 5.48. The molecule has 0 radical (unpaired) electrons. The van der Waals surface area contributed by atoms with E-state index >= 15 is 0 Å². The standard InChI is InChI=1S/C26H36O/c1-4-7-8-9-10-17-22-25(23-18-13-11-14-19-23)26(5-2,27-6-3)24-20-15-12-16-21-24/h5,11-16,18-21,25H,2,4,6-10,17,22H2,1,3H3. The molecular formula is C26H36O. The molecule has 0 N–H and O–H groups in total. The van der Waals surface area contributed by atoms with Crippen LogP contribution in [0.25, 0.3) is 0 Å². The maximum atomic E-state index is 6.46. The molecule has 1 heteroatoms. The molecule has 0 fully saturated rings. The predicted octanol–water partition coefficient (Wildman–Crippen LogP) is 7.64. The fourth-order valence-electron chi connectivity index (χ4n) is 4.08. The zero-order valence-electron chi connectivity index (χ0n) is 17.2. The van der Waals surface area contributed by atoms with Gasteiger partial charge >= 0.3 is 0 Å². The quantitative estimate of drug-likeness (QED) is 0.262. The molecule has 2 rings (SSSR count). The largest absolute Gasteiger partial charge is 0.366 e. The zero-order chi connectivity index (χ0) is 19.4. The molecule has 2 atom stereocenters. The summed E-state index contributed by atoms with van der Waals surface area (Å²) < 4.78 is 6.46. The first kappa shape index (κ1) is 21.4. The summed E-state index contributed by atoms with van der Waals surface area (Å²) in [6.07, 6.45) is 11.0. The van der Waals surface area contributed by atoms with E-state index in [2.05, 4.69) is 81.1 Å². The number of rotatable bonds is 13. The Morgan fingerprint density at radius 2 is 1.44 bits per heavy atom. The van der Waals surface area contributed by atoms with Crippen LogP contribution in [0.4, 0.5) is 0 Å². The first-order valence-corrected chi connectivity index (χ1v) is 10.7. The van der Waals surface area contributed by atoms with Gasteiger partial charge in [-0.1, -0.05) is 119 Å². The Morgan fingerprint density at radius 1 is 0.852 bits per heavy atom. The molecule has 27 heavy (non-hydrogen) atoms. The molecule has 0 saturated heterocycles. The minimum Gasteiger partial charge on any atom is -0.366 e. The second-order valence-corrected chi connectivity index (χ2v) is 7.32. The van der Waals surface area contributed by atoms with Gasteiger partial charge < -0.3 is 4.74 Å². The van der Waals surface area contributed by atoms with E-state index in [1.165, 1.54) is 49.7 Å². The van der Waals surface area contributed by atoms with Gasteiger partial charge in [0, 0.05) is 12.5 Å². The molecule has 0 aromatic heterocycles. The van der Waals surface area contributed by atoms with E-state index < -0.39 is 5.60 Å². The van der Waals surface area contributed by atoms with Crippen LogP contribution in [0.5, 0.6) is 0 Å². The summed E-state index contributed by atoms with van der Waals surface area (Å²) in [7, 11) is 0. The van der Waals surface area contributed by atoms with Crippen molar-refractivity contribution in [2.75, 3.05) is 6.61 Å². The molecule has 0 amide bonds. The third-order valence-electron chi connectivity index (χ3n) is 5.48. The number of ether oxygens (including phenoxy) is 1. The number of hydrogen-bond donors (Lipinski definition) is 0. The van der Waals surface area contributed by atoms with Gasteiger partial charge in [-0.05, 0) is 24.5 Å². The monoisotopic (exact) mass is 364 g/mol. The molecule has 0 aliphatic rings. The molecule has 0 heterocycles. The van der Waals surface area contributed by atoms with Gasteiger partial charge in [0.05, 0.1) is 0 Å². The minimum atomic E-state index is -0.485. The van der Waals surface area contributed by atoms with Crippen LogP contribution in [0.15, 0.2) is 73.3 Å². The Labute approximate surface area is 166 Å². The van der Waals surface area contributed by atoms with E-state index in [9.17, 15) is 0 Å². The zero-order valence-corrected chi connectivity index (χ0v) is 17.2. The summed E-state index contributed by atoms with van der Waals surface area (Å²) in [6.45, 7) is 9.23. The lowest BCUT2D eigenvalue weighted by molar-refractivity contribution is -0.0289. The first-order chi connectivity index (χ1) is 13.3. The maximum absolute atomic E-state index is 6.46. The van der Waals surface area contributed by atoms with Crippen LogP contribution in [0.3, 0.4) is 0 Å². The molecule has 2 unspecified atom stereocenters. The van der Waals surface area contributed by atoms with Crippen molar-refractivity contribution in [3.05, 3.63) is 84.4 Å². The van der Waals surface area contributed by atoms with Gasteiger partial charge in [-0.15, -0.1) is 0 Å². The van der Waals surface area contributed by atoms with Crippen molar-refractivity contribution in [2.45, 2.75) is 70.3 Å². The summed E-state index contributed by atoms with van der Waals surface area (Å²) in [5.41, 5.74) is 2.05. The normalized spacial score (nSPS) is 14.4. The molecule has 0 aliphatic carbocycles. The summed E-state index contributed by atoms with van der Waals surface area (Å²) >= 11 is 0. The lowest BCUT2D eigenvalue weighted by Gasteiger charge is -2.39. The van der Waals surface area contributed by atoms with Gasteiger partial charge in [0.2, 0.25) is 0 Å². The van der Waals surface area contributed by atoms with Gasteiger partial charge in [0.15, 0.2) is 0 Å². The fourth-order valence-corrected chi connectivity index (χ4v) is 4.08. The Kier molecular flexibility index (Phi) is 9.35. The Hall–Kier alpha value is -1.86. The molecule has 146 valence electrons. The lowest BCUT2D eigenvalue weighted by Crippen LogP contribution is -2.35. The summed E-state index contributed by atoms with van der Waals surface area (Å²) in [5, 5.41) is 0. The van der Waals surface area contributed by atoms with Crippen LogP contribution in [0.1, 0.15) is 75.8 Å². The summed E-state index contributed by atoms with van der Waals surface area (Å²) in [4.78, 5) is 0. The second-order valence-electron chi connectivity index (χ2n) is 7.32. The predicted molar refractivity (Wildman–Crippen MR) is 117 cm³/mol. The van der Waals surface area contributed by atoms with E-state index in [1.54, 1.807) is 0 Å². The van der Waals surface area contributed by atoms with Crippen molar-refractivity contribution in [1.82, 2.24) is 0 Å². The number of hydrogen-bond acceptors (Lipinski definition) is 1. The van der Waals surface area contributed by atoms with Crippen molar-refractivity contribution >= 4 is 0 Å². The molecule has 2 aromatic rings. The second kappa shape index (κ2) is 11.8. The van der Waals surface area contributed by atoms with Gasteiger partial charge in [-0.2, -0.15) is 0 Å². The third kappa shape index (κ3) is 5.81. The van der Waals surface area contributed by atoms with E-state index in [4.69, 9.17) is 4.74 Å². The Balaban J connectivity index is 2.29. The van der Waals surface area contributed by atoms with Gasteiger partial charge in [-0.3, -0.25) is 0 Å². The molecule has 0 bridgehead atoms. The van der Waals surface area contributed by atoms with Crippen LogP contribution in [0, 0.1) is 0 Å². The van der Waals surface area contributed by atoms with Crippen molar-refractivity contribution < 1.29 is 4.74 Å². The Bertz CT molecular complexity index is 634. The topological polar surface area (TPSA) is 9.23 Å². The van der Waals surface area contributed by atoms with Crippen LogP contribution in [-0.2, 0) is 10.3 Å². The maximum Gasteiger partial charge on any atom is 0.118 e. The van der Waals surface area contributed by atoms with E-state index in [1.807, 2.05) is 6.08 Å². The van der Waals surface area contributed by atoms with E-state index in [0.717, 1.165) is 6.42 Å². The summed E-state index contributed by atoms with van der Waals surface area (Å²) in [5.74, 6) is 0.268. The lowest BCUT2D eigenvalue weighted by atomic mass is 9.74. The highest BCUT2D eigenvalue weighted by Crippen LogP contribution is 2.44. The molecule has 0 saturated carbocycles. The first-order valence-electron chi connectivity index (χ1n) is 10.7. The van der Waals surface area contributed by atoms with Gasteiger partial charge in [-0.25, -0.2) is 0 Å². The highest BCUT2D eigenvalue weighted by atomic mass is 16.5. The van der Waals surface area contributed by atoms with Crippen LogP contribution in [-0.4, -0.2) is 6.61 Å². The SMILES string of the molecule is C=CC(OCC)(c1ccccc1)C(CCCCCCCC)c1ccccc1. The highest BCUT2D eigenvalue weighted by Gasteiger charge is 2.39. The van der Waals surface area contributed by atoms with E-state index in [0.29, 0.717) is 6.61 Å². The van der Waals surface area contributed by atoms with Crippen LogP contribution >= 0.6 is 0 Å². The van der Waals surface area contributed by atoms with Gasteiger partial charge in [0.1, 0.15) is 5.60 Å². The smallest absolute Gasteiger partial charge is 0.118 e. The molecule has 2 aromatic carbocycles. The summed E-state index contributed by atoms with van der Waals surface area (Å²) in [6, 6.07) is 21.4. The average Bonchev–Trinajstić information content (AvgIpc) is 2.73. The van der Waals surface area contributed by atoms with Crippen molar-refractivity contribution in [3.63, 3.8) is 0 Å². The van der Waals surface area contributed by atoms with Gasteiger partial charge in [0.25, 0.3) is 0 Å². The average molecular weight is 365 g/mol. The Morgan fingerprint density at radius 3 is 2.04 bits per heavy atom. The molecular weight excluding hydrogens is 328 g/mol. The molecule has 1 nitrogen and oxygen atoms in total. The highest BCUT2D eigenvalue weighted by molar-refractivity contribution is 5.35. The minimum absolute atomic E-state index is 0.268.